The molecule has 0 spiro atoms. The second kappa shape index (κ2) is 8.47. The van der Waals surface area contributed by atoms with Crippen LogP contribution in [0.15, 0.2) is 18.5 Å². The van der Waals surface area contributed by atoms with Gasteiger partial charge in [0.25, 0.3) is 0 Å². The van der Waals surface area contributed by atoms with E-state index >= 15 is 0 Å². The van der Waals surface area contributed by atoms with E-state index < -0.39 is 0 Å². The minimum Gasteiger partial charge on any atom is -0.316 e. The maximum Gasteiger partial charge on any atom is 0.0536 e. The van der Waals surface area contributed by atoms with Crippen LogP contribution in [0.2, 0.25) is 0 Å². The Kier molecular flexibility index (Phi) is 6.89. The lowest BCUT2D eigenvalue weighted by atomic mass is 9.88. The fraction of sp³-hybridized carbons (Fsp3) is 0.824. The topological polar surface area (TPSA) is 36.3 Å². The second-order valence-corrected chi connectivity index (χ2v) is 7.49. The molecule has 0 aromatic carbocycles. The van der Waals surface area contributed by atoms with Gasteiger partial charge in [-0.2, -0.15) is 5.10 Å². The zero-order chi connectivity index (χ0) is 15.4. The molecule has 1 N–H and O–H groups in total. The molecule has 0 saturated carbocycles. The van der Waals surface area contributed by atoms with Crippen molar-refractivity contribution in [1.29, 1.82) is 0 Å². The number of piperidine rings is 1. The summed E-state index contributed by atoms with van der Waals surface area (Å²) in [6, 6.07) is 2.76. The van der Waals surface area contributed by atoms with Crippen LogP contribution in [0.1, 0.15) is 26.2 Å². The summed E-state index contributed by atoms with van der Waals surface area (Å²) < 4.78 is 2.03. The molecule has 2 aliphatic rings. The number of nitrogens with zero attached hydrogens (tertiary/aromatic N) is 4. The van der Waals surface area contributed by atoms with Crippen molar-refractivity contribution < 1.29 is 0 Å². The first-order chi connectivity index (χ1) is 10.6. The standard InChI is InChI=1S/C17H31N5.ClH/c1-17(6-8-18-14-17)15-20(2)16-4-10-21(11-5-16)12-13-22-9-3-7-19-22;/h3,7,9,16,18H,4-6,8,10-15H2,1-2H3;1H. The quantitative estimate of drug-likeness (QED) is 0.854. The smallest absolute Gasteiger partial charge is 0.0536 e. The molecule has 0 amide bonds. The summed E-state index contributed by atoms with van der Waals surface area (Å²) in [6.07, 6.45) is 7.84. The van der Waals surface area contributed by atoms with Crippen molar-refractivity contribution in [2.24, 2.45) is 5.41 Å². The SMILES string of the molecule is CN(CC1(C)CCNC1)C1CCN(CCn2cccn2)CC1.Cl. The molecule has 2 fully saturated rings. The van der Waals surface area contributed by atoms with E-state index in [2.05, 4.69) is 40.4 Å². The number of nitrogens with one attached hydrogen (secondary N) is 1. The lowest BCUT2D eigenvalue weighted by Crippen LogP contribution is -2.47. The molecule has 0 radical (unpaired) electrons. The van der Waals surface area contributed by atoms with Gasteiger partial charge in [-0.05, 0) is 57.4 Å². The minimum absolute atomic E-state index is 0. The molecular formula is C17H32ClN5. The highest BCUT2D eigenvalue weighted by atomic mass is 35.5. The highest BCUT2D eigenvalue weighted by Crippen LogP contribution is 2.27. The van der Waals surface area contributed by atoms with Gasteiger partial charge in [-0.3, -0.25) is 4.68 Å². The van der Waals surface area contributed by atoms with Gasteiger partial charge in [0.15, 0.2) is 0 Å². The zero-order valence-electron chi connectivity index (χ0n) is 14.6. The third kappa shape index (κ3) is 5.18. The molecule has 5 nitrogen and oxygen atoms in total. The number of hydrogen-bond acceptors (Lipinski definition) is 4. The van der Waals surface area contributed by atoms with Crippen molar-refractivity contribution in [2.75, 3.05) is 46.3 Å². The molecule has 2 aliphatic heterocycles. The van der Waals surface area contributed by atoms with Crippen molar-refractivity contribution >= 4 is 12.4 Å². The first kappa shape index (κ1) is 18.7. The average Bonchev–Trinajstić information content (AvgIpc) is 3.17. The Bertz CT molecular complexity index is 436. The number of rotatable bonds is 6. The van der Waals surface area contributed by atoms with Crippen LogP contribution in [-0.2, 0) is 6.54 Å². The van der Waals surface area contributed by atoms with E-state index in [0.717, 1.165) is 19.1 Å². The first-order valence-corrected chi connectivity index (χ1v) is 8.75. The summed E-state index contributed by atoms with van der Waals surface area (Å²) in [5, 5.41) is 7.80. The molecule has 1 atom stereocenters. The summed E-state index contributed by atoms with van der Waals surface area (Å²) in [6.45, 7) is 10.6. The lowest BCUT2D eigenvalue weighted by Gasteiger charge is -2.39. The van der Waals surface area contributed by atoms with Crippen LogP contribution in [-0.4, -0.2) is 71.9 Å². The van der Waals surface area contributed by atoms with Crippen LogP contribution in [0, 0.1) is 5.41 Å². The van der Waals surface area contributed by atoms with Gasteiger partial charge >= 0.3 is 0 Å². The normalized spacial score (nSPS) is 26.6. The molecule has 0 aliphatic carbocycles. The van der Waals surface area contributed by atoms with E-state index in [4.69, 9.17) is 0 Å². The predicted octanol–water partition coefficient (Wildman–Crippen LogP) is 1.70. The lowest BCUT2D eigenvalue weighted by molar-refractivity contribution is 0.0950. The number of hydrogen-bond donors (Lipinski definition) is 1. The van der Waals surface area contributed by atoms with Gasteiger partial charge in [0, 0.05) is 38.1 Å². The van der Waals surface area contributed by atoms with Gasteiger partial charge < -0.3 is 15.1 Å². The zero-order valence-corrected chi connectivity index (χ0v) is 15.4. The second-order valence-electron chi connectivity index (χ2n) is 7.49. The monoisotopic (exact) mass is 341 g/mol. The van der Waals surface area contributed by atoms with Crippen molar-refractivity contribution in [3.8, 4) is 0 Å². The van der Waals surface area contributed by atoms with E-state index in [0.29, 0.717) is 5.41 Å². The maximum absolute atomic E-state index is 4.28. The summed E-state index contributed by atoms with van der Waals surface area (Å²) in [5.41, 5.74) is 0.478. The van der Waals surface area contributed by atoms with Crippen molar-refractivity contribution in [1.82, 2.24) is 24.9 Å². The fourth-order valence-electron chi connectivity index (χ4n) is 4.00. The Balaban J connectivity index is 0.00000192. The number of aromatic nitrogens is 2. The van der Waals surface area contributed by atoms with Crippen LogP contribution in [0.25, 0.3) is 0 Å². The Morgan fingerprint density at radius 1 is 1.30 bits per heavy atom. The van der Waals surface area contributed by atoms with Crippen LogP contribution in [0.3, 0.4) is 0 Å². The molecule has 3 rings (SSSR count). The molecule has 2 saturated heterocycles. The van der Waals surface area contributed by atoms with Crippen LogP contribution < -0.4 is 5.32 Å². The predicted molar refractivity (Wildman–Crippen MR) is 97.2 cm³/mol. The van der Waals surface area contributed by atoms with E-state index in [1.165, 1.54) is 52.0 Å². The number of likely N-dealkylation sites (tertiary alicyclic amines) is 1. The maximum atomic E-state index is 4.28. The first-order valence-electron chi connectivity index (χ1n) is 8.75. The van der Waals surface area contributed by atoms with Gasteiger partial charge in [-0.25, -0.2) is 0 Å². The fourth-order valence-corrected chi connectivity index (χ4v) is 4.00. The third-order valence-corrected chi connectivity index (χ3v) is 5.47. The van der Waals surface area contributed by atoms with Crippen LogP contribution in [0.5, 0.6) is 0 Å². The third-order valence-electron chi connectivity index (χ3n) is 5.47. The molecule has 6 heteroatoms. The highest BCUT2D eigenvalue weighted by molar-refractivity contribution is 5.85. The Morgan fingerprint density at radius 2 is 2.09 bits per heavy atom. The Hall–Kier alpha value is -0.620. The summed E-state index contributed by atoms with van der Waals surface area (Å²) in [4.78, 5) is 5.21. The van der Waals surface area contributed by atoms with Gasteiger partial charge in [0.1, 0.15) is 0 Å². The van der Waals surface area contributed by atoms with Crippen molar-refractivity contribution in [2.45, 2.75) is 38.8 Å². The van der Waals surface area contributed by atoms with Crippen molar-refractivity contribution in [3.05, 3.63) is 18.5 Å². The summed E-state index contributed by atoms with van der Waals surface area (Å²) >= 11 is 0. The molecule has 1 aromatic heterocycles. The molecular weight excluding hydrogens is 310 g/mol. The minimum atomic E-state index is 0. The van der Waals surface area contributed by atoms with Crippen molar-refractivity contribution in [3.63, 3.8) is 0 Å². The van der Waals surface area contributed by atoms with E-state index in [1.807, 2.05) is 16.9 Å². The molecule has 1 unspecified atom stereocenters. The molecule has 23 heavy (non-hydrogen) atoms. The van der Waals surface area contributed by atoms with Crippen LogP contribution >= 0.6 is 12.4 Å². The summed E-state index contributed by atoms with van der Waals surface area (Å²) in [5.74, 6) is 0. The Morgan fingerprint density at radius 3 is 2.70 bits per heavy atom. The van der Waals surface area contributed by atoms with Gasteiger partial charge in [0.05, 0.1) is 6.54 Å². The van der Waals surface area contributed by atoms with Gasteiger partial charge in [-0.1, -0.05) is 6.92 Å². The van der Waals surface area contributed by atoms with E-state index in [9.17, 15) is 0 Å². The summed E-state index contributed by atoms with van der Waals surface area (Å²) in [7, 11) is 2.33. The van der Waals surface area contributed by atoms with Gasteiger partial charge in [0.2, 0.25) is 0 Å². The number of halogens is 1. The highest BCUT2D eigenvalue weighted by Gasteiger charge is 2.32. The van der Waals surface area contributed by atoms with E-state index in [1.54, 1.807) is 0 Å². The van der Waals surface area contributed by atoms with Crippen LogP contribution in [0.4, 0.5) is 0 Å². The Labute approximate surface area is 146 Å². The molecule has 3 heterocycles. The molecule has 1 aromatic rings. The largest absolute Gasteiger partial charge is 0.316 e. The van der Waals surface area contributed by atoms with E-state index in [-0.39, 0.29) is 12.4 Å². The average molecular weight is 342 g/mol. The molecule has 132 valence electrons. The molecule has 0 bridgehead atoms. The van der Waals surface area contributed by atoms with Gasteiger partial charge in [-0.15, -0.1) is 12.4 Å².